The van der Waals surface area contributed by atoms with Crippen molar-refractivity contribution >= 4 is 22.6 Å². The van der Waals surface area contributed by atoms with Crippen molar-refractivity contribution in [2.24, 2.45) is 0 Å². The molecule has 0 unspecified atom stereocenters. The van der Waals surface area contributed by atoms with Crippen LogP contribution in [0.15, 0.2) is 48.5 Å². The van der Waals surface area contributed by atoms with E-state index in [1.807, 2.05) is 29.2 Å². The summed E-state index contributed by atoms with van der Waals surface area (Å²) in [5.74, 6) is 1.14. The van der Waals surface area contributed by atoms with Gasteiger partial charge < -0.3 is 19.7 Å². The summed E-state index contributed by atoms with van der Waals surface area (Å²) in [5, 5.41) is 3.62. The number of halogens is 1. The van der Waals surface area contributed by atoms with E-state index in [1.165, 1.54) is 23.7 Å². The normalized spacial score (nSPS) is 10.7. The molecule has 0 fully saturated rings. The first-order chi connectivity index (χ1) is 15.6. The fourth-order valence-electron chi connectivity index (χ4n) is 3.04. The minimum absolute atomic E-state index is 0.0853. The highest BCUT2D eigenvalue weighted by Crippen LogP contribution is 2.21. The molecule has 1 heterocycles. The van der Waals surface area contributed by atoms with E-state index < -0.39 is 0 Å². The van der Waals surface area contributed by atoms with Crippen LogP contribution in [0, 0.1) is 5.82 Å². The van der Waals surface area contributed by atoms with Gasteiger partial charge in [0.2, 0.25) is 11.0 Å². The van der Waals surface area contributed by atoms with Crippen molar-refractivity contribution in [3.8, 4) is 5.75 Å². The number of anilines is 1. The second kappa shape index (κ2) is 12.1. The second-order valence-corrected chi connectivity index (χ2v) is 7.88. The predicted molar refractivity (Wildman–Crippen MR) is 123 cm³/mol. The second-order valence-electron chi connectivity index (χ2n) is 7.15. The van der Waals surface area contributed by atoms with Crippen LogP contribution in [-0.2, 0) is 22.5 Å². The molecule has 0 radical (unpaired) electrons. The van der Waals surface area contributed by atoms with Crippen molar-refractivity contribution in [3.63, 3.8) is 0 Å². The third kappa shape index (κ3) is 7.28. The molecule has 0 aliphatic carbocycles. The van der Waals surface area contributed by atoms with Crippen LogP contribution >= 0.6 is 11.5 Å². The van der Waals surface area contributed by atoms with Crippen LogP contribution < -0.4 is 15.0 Å². The van der Waals surface area contributed by atoms with Crippen molar-refractivity contribution in [2.75, 3.05) is 38.8 Å². The van der Waals surface area contributed by atoms with Gasteiger partial charge in [0.05, 0.1) is 13.7 Å². The molecule has 0 saturated carbocycles. The molecule has 0 aliphatic rings. The Bertz CT molecular complexity index is 997. The molecule has 0 spiro atoms. The Kier molecular flexibility index (Phi) is 8.94. The zero-order chi connectivity index (χ0) is 22.8. The number of aromatic nitrogens is 2. The van der Waals surface area contributed by atoms with Crippen LogP contribution in [0.1, 0.15) is 23.4 Å². The lowest BCUT2D eigenvalue weighted by Gasteiger charge is -2.20. The van der Waals surface area contributed by atoms with Gasteiger partial charge in [-0.3, -0.25) is 4.79 Å². The number of amides is 1. The van der Waals surface area contributed by atoms with Crippen LogP contribution in [0.4, 0.5) is 9.52 Å². The van der Waals surface area contributed by atoms with E-state index in [0.717, 1.165) is 27.8 Å². The highest BCUT2D eigenvalue weighted by atomic mass is 32.1. The number of methoxy groups -OCH3 is 2. The average molecular weight is 459 g/mol. The zero-order valence-corrected chi connectivity index (χ0v) is 19.0. The molecule has 0 atom stereocenters. The van der Waals surface area contributed by atoms with E-state index in [0.29, 0.717) is 39.1 Å². The number of carbonyl (C=O) groups is 1. The maximum atomic E-state index is 13.0. The number of hydrogen-bond donors (Lipinski definition) is 1. The molecule has 1 N–H and O–H groups in total. The van der Waals surface area contributed by atoms with Gasteiger partial charge in [-0.1, -0.05) is 24.3 Å². The Balaban J connectivity index is 1.55. The van der Waals surface area contributed by atoms with Crippen LogP contribution in [0.25, 0.3) is 0 Å². The average Bonchev–Trinajstić information content (AvgIpc) is 3.27. The Morgan fingerprint density at radius 1 is 1.12 bits per heavy atom. The summed E-state index contributed by atoms with van der Waals surface area (Å²) in [5.41, 5.74) is 1.92. The van der Waals surface area contributed by atoms with E-state index in [2.05, 4.69) is 14.7 Å². The zero-order valence-electron chi connectivity index (χ0n) is 18.2. The number of nitrogens with one attached hydrogen (secondary N) is 1. The maximum absolute atomic E-state index is 13.0. The molecule has 9 heteroatoms. The quantitative estimate of drug-likeness (QED) is 0.448. The molecule has 0 saturated heterocycles. The molecule has 3 aromatic rings. The molecule has 0 bridgehead atoms. The highest BCUT2D eigenvalue weighted by molar-refractivity contribution is 7.09. The minimum Gasteiger partial charge on any atom is -0.497 e. The van der Waals surface area contributed by atoms with E-state index in [-0.39, 0.29) is 11.7 Å². The molecule has 170 valence electrons. The van der Waals surface area contributed by atoms with Gasteiger partial charge in [-0.15, -0.1) is 0 Å². The summed E-state index contributed by atoms with van der Waals surface area (Å²) in [7, 11) is 3.28. The molecular formula is C23H27FN4O3S. The Hall–Kier alpha value is -3.04. The number of benzene rings is 2. The topological polar surface area (TPSA) is 76.6 Å². The predicted octanol–water partition coefficient (Wildman–Crippen LogP) is 3.44. The fraction of sp³-hybridized carbons (Fsp3) is 0.348. The van der Waals surface area contributed by atoms with Gasteiger partial charge in [0.25, 0.3) is 0 Å². The molecule has 3 rings (SSSR count). The third-order valence-corrected chi connectivity index (χ3v) is 5.62. The van der Waals surface area contributed by atoms with Gasteiger partial charge in [0.15, 0.2) is 0 Å². The number of nitrogens with zero attached hydrogens (tertiary/aromatic N) is 3. The molecule has 32 heavy (non-hydrogen) atoms. The van der Waals surface area contributed by atoms with E-state index in [1.54, 1.807) is 26.4 Å². The monoisotopic (exact) mass is 458 g/mol. The van der Waals surface area contributed by atoms with Gasteiger partial charge >= 0.3 is 0 Å². The van der Waals surface area contributed by atoms with Crippen LogP contribution in [-0.4, -0.2) is 49.2 Å². The highest BCUT2D eigenvalue weighted by Gasteiger charge is 2.15. The first-order valence-corrected chi connectivity index (χ1v) is 11.0. The Labute approximate surface area is 191 Å². The summed E-state index contributed by atoms with van der Waals surface area (Å²) < 4.78 is 28.0. The van der Waals surface area contributed by atoms with Crippen LogP contribution in [0.3, 0.4) is 0 Å². The smallest absolute Gasteiger partial charge is 0.222 e. The number of carbonyl (C=O) groups excluding carboxylic acids is 1. The molecule has 2 aromatic carbocycles. The van der Waals surface area contributed by atoms with Crippen molar-refractivity contribution in [1.29, 1.82) is 0 Å². The largest absolute Gasteiger partial charge is 0.497 e. The van der Waals surface area contributed by atoms with Crippen molar-refractivity contribution in [1.82, 2.24) is 14.7 Å². The molecule has 7 nitrogen and oxygen atoms in total. The standard InChI is InChI=1S/C23H27FN4O3S/c1-30-13-12-28(11-10-22(29)25-16-17-6-8-19(24)9-7-17)23-26-21(27-32-23)15-18-4-3-5-20(14-18)31-2/h3-9,14H,10-13,15-16H2,1-2H3,(H,25,29). The van der Waals surface area contributed by atoms with Crippen molar-refractivity contribution < 1.29 is 18.7 Å². The Morgan fingerprint density at radius 2 is 1.94 bits per heavy atom. The number of rotatable bonds is 12. The summed E-state index contributed by atoms with van der Waals surface area (Å²) >= 11 is 1.31. The van der Waals surface area contributed by atoms with Gasteiger partial charge in [0.1, 0.15) is 17.4 Å². The van der Waals surface area contributed by atoms with Crippen LogP contribution in [0.2, 0.25) is 0 Å². The first-order valence-electron chi connectivity index (χ1n) is 10.3. The van der Waals surface area contributed by atoms with Gasteiger partial charge in [-0.05, 0) is 35.4 Å². The van der Waals surface area contributed by atoms with Crippen molar-refractivity contribution in [2.45, 2.75) is 19.4 Å². The van der Waals surface area contributed by atoms with Gasteiger partial charge in [-0.2, -0.15) is 4.37 Å². The lowest BCUT2D eigenvalue weighted by molar-refractivity contribution is -0.121. The lowest BCUT2D eigenvalue weighted by Crippen LogP contribution is -2.32. The lowest BCUT2D eigenvalue weighted by atomic mass is 10.1. The fourth-order valence-corrected chi connectivity index (χ4v) is 3.78. The maximum Gasteiger partial charge on any atom is 0.222 e. The van der Waals surface area contributed by atoms with E-state index >= 15 is 0 Å². The summed E-state index contributed by atoms with van der Waals surface area (Å²) in [6.07, 6.45) is 0.902. The van der Waals surface area contributed by atoms with Crippen molar-refractivity contribution in [3.05, 3.63) is 71.3 Å². The van der Waals surface area contributed by atoms with Gasteiger partial charge in [-0.25, -0.2) is 9.37 Å². The summed E-state index contributed by atoms with van der Waals surface area (Å²) in [6, 6.07) is 13.9. The Morgan fingerprint density at radius 3 is 2.69 bits per heavy atom. The molecular weight excluding hydrogens is 431 g/mol. The third-order valence-electron chi connectivity index (χ3n) is 4.80. The number of ether oxygens (including phenoxy) is 2. The summed E-state index contributed by atoms with van der Waals surface area (Å²) in [4.78, 5) is 19.0. The van der Waals surface area contributed by atoms with E-state index in [4.69, 9.17) is 9.47 Å². The van der Waals surface area contributed by atoms with Gasteiger partial charge in [0, 0.05) is 51.1 Å². The first kappa shape index (κ1) is 23.6. The minimum atomic E-state index is -0.295. The molecule has 0 aliphatic heterocycles. The SMILES string of the molecule is COCCN(CCC(=O)NCc1ccc(F)cc1)c1nc(Cc2cccc(OC)c2)ns1. The van der Waals surface area contributed by atoms with Crippen LogP contribution in [0.5, 0.6) is 5.75 Å². The molecule has 1 amide bonds. The number of hydrogen-bond acceptors (Lipinski definition) is 7. The van der Waals surface area contributed by atoms with E-state index in [9.17, 15) is 9.18 Å². The molecule has 1 aromatic heterocycles. The summed E-state index contributed by atoms with van der Waals surface area (Å²) in [6.45, 7) is 1.98.